The summed E-state index contributed by atoms with van der Waals surface area (Å²) in [5.74, 6) is 0.834. The summed E-state index contributed by atoms with van der Waals surface area (Å²) in [5, 5.41) is 9.97. The van der Waals surface area contributed by atoms with Crippen LogP contribution in [0.5, 0.6) is 5.75 Å². The number of sulfonamides is 1. The molecule has 1 saturated heterocycles. The van der Waals surface area contributed by atoms with Gasteiger partial charge in [0.15, 0.2) is 9.84 Å². The first kappa shape index (κ1) is 28.4. The van der Waals surface area contributed by atoms with Crippen LogP contribution >= 0.6 is 0 Å². The number of aliphatic hydroxyl groups is 1. The van der Waals surface area contributed by atoms with Gasteiger partial charge in [0, 0.05) is 31.6 Å². The van der Waals surface area contributed by atoms with Crippen molar-refractivity contribution < 1.29 is 31.4 Å². The van der Waals surface area contributed by atoms with E-state index in [1.54, 1.807) is 18.2 Å². The second-order valence-corrected chi connectivity index (χ2v) is 13.5. The number of rotatable bonds is 11. The standard InChI is InChI=1S/C26H37NO7S2/c1-5-21-14-23(35(4,29)30)6-8-25(21)27(16-19(2)3)36(31,32)24-7-9-26(22(15-24)17-28)34-18-20-10-12-33-13-11-20/h6-9,14-15,19-20,28H,5,10-13,16-18H2,1-4H3. The molecule has 0 saturated carbocycles. The minimum atomic E-state index is -4.01. The quantitative estimate of drug-likeness (QED) is 0.462. The van der Waals surface area contributed by atoms with Crippen molar-refractivity contribution in [3.8, 4) is 5.75 Å². The summed E-state index contributed by atoms with van der Waals surface area (Å²) in [6.45, 7) is 7.44. The van der Waals surface area contributed by atoms with E-state index in [2.05, 4.69) is 0 Å². The summed E-state index contributed by atoms with van der Waals surface area (Å²) in [4.78, 5) is 0.193. The van der Waals surface area contributed by atoms with Gasteiger partial charge in [0.25, 0.3) is 10.0 Å². The minimum absolute atomic E-state index is 0.0125. The molecular formula is C26H37NO7S2. The molecule has 2 aromatic rings. The molecule has 2 aromatic carbocycles. The highest BCUT2D eigenvalue weighted by atomic mass is 32.2. The van der Waals surface area contributed by atoms with Gasteiger partial charge in [0.1, 0.15) is 5.75 Å². The Labute approximate surface area is 215 Å². The molecule has 8 nitrogen and oxygen atoms in total. The molecule has 1 N–H and O–H groups in total. The van der Waals surface area contributed by atoms with Crippen molar-refractivity contribution in [2.75, 3.05) is 36.9 Å². The van der Waals surface area contributed by atoms with E-state index in [0.29, 0.717) is 54.7 Å². The van der Waals surface area contributed by atoms with E-state index < -0.39 is 19.9 Å². The van der Waals surface area contributed by atoms with Gasteiger partial charge in [-0.2, -0.15) is 0 Å². The van der Waals surface area contributed by atoms with Crippen LogP contribution in [0.15, 0.2) is 46.2 Å². The highest BCUT2D eigenvalue weighted by molar-refractivity contribution is 7.92. The average Bonchev–Trinajstić information content (AvgIpc) is 2.85. The molecule has 0 bridgehead atoms. The van der Waals surface area contributed by atoms with Gasteiger partial charge in [-0.15, -0.1) is 0 Å². The highest BCUT2D eigenvalue weighted by Crippen LogP contribution is 2.32. The molecule has 0 unspecified atom stereocenters. The van der Waals surface area contributed by atoms with Crippen molar-refractivity contribution in [3.05, 3.63) is 47.5 Å². The third kappa shape index (κ3) is 6.79. The summed E-state index contributed by atoms with van der Waals surface area (Å²) in [6.07, 6.45) is 3.40. The fourth-order valence-electron chi connectivity index (χ4n) is 4.21. The molecule has 0 aliphatic carbocycles. The van der Waals surface area contributed by atoms with Crippen molar-refractivity contribution in [1.29, 1.82) is 0 Å². The predicted octanol–water partition coefficient (Wildman–Crippen LogP) is 3.80. The number of benzene rings is 2. The summed E-state index contributed by atoms with van der Waals surface area (Å²) >= 11 is 0. The van der Waals surface area contributed by atoms with Crippen molar-refractivity contribution in [1.82, 2.24) is 0 Å². The van der Waals surface area contributed by atoms with E-state index in [9.17, 15) is 21.9 Å². The van der Waals surface area contributed by atoms with Gasteiger partial charge in [0.2, 0.25) is 0 Å². The molecule has 3 rings (SSSR count). The Bertz CT molecular complexity index is 1250. The zero-order chi connectivity index (χ0) is 26.5. The molecule has 0 radical (unpaired) electrons. The number of ether oxygens (including phenoxy) is 2. The Hall–Kier alpha value is -2.14. The zero-order valence-electron chi connectivity index (χ0n) is 21.4. The maximum Gasteiger partial charge on any atom is 0.264 e. The predicted molar refractivity (Wildman–Crippen MR) is 140 cm³/mol. The fraction of sp³-hybridized carbons (Fsp3) is 0.538. The van der Waals surface area contributed by atoms with Crippen molar-refractivity contribution in [3.63, 3.8) is 0 Å². The van der Waals surface area contributed by atoms with E-state index in [-0.39, 0.29) is 28.9 Å². The van der Waals surface area contributed by atoms with E-state index in [1.165, 1.54) is 22.5 Å². The molecule has 36 heavy (non-hydrogen) atoms. The van der Waals surface area contributed by atoms with Crippen LogP contribution in [-0.4, -0.2) is 54.6 Å². The largest absolute Gasteiger partial charge is 0.493 e. The van der Waals surface area contributed by atoms with Crippen molar-refractivity contribution in [2.45, 2.75) is 56.4 Å². The fourth-order valence-corrected chi connectivity index (χ4v) is 6.59. The van der Waals surface area contributed by atoms with Gasteiger partial charge >= 0.3 is 0 Å². The number of anilines is 1. The maximum atomic E-state index is 13.9. The van der Waals surface area contributed by atoms with E-state index in [4.69, 9.17) is 9.47 Å². The van der Waals surface area contributed by atoms with E-state index in [1.807, 2.05) is 20.8 Å². The lowest BCUT2D eigenvalue weighted by atomic mass is 10.0. The van der Waals surface area contributed by atoms with Crippen LogP contribution in [0.3, 0.4) is 0 Å². The van der Waals surface area contributed by atoms with Gasteiger partial charge in [-0.1, -0.05) is 20.8 Å². The molecule has 10 heteroatoms. The van der Waals surface area contributed by atoms with Crippen LogP contribution in [0, 0.1) is 11.8 Å². The van der Waals surface area contributed by atoms with Gasteiger partial charge in [-0.05, 0) is 73.1 Å². The van der Waals surface area contributed by atoms with Gasteiger partial charge < -0.3 is 14.6 Å². The van der Waals surface area contributed by atoms with Crippen LogP contribution in [0.1, 0.15) is 44.7 Å². The Morgan fingerprint density at radius 1 is 1.03 bits per heavy atom. The van der Waals surface area contributed by atoms with Crippen LogP contribution in [0.2, 0.25) is 0 Å². The maximum absolute atomic E-state index is 13.9. The van der Waals surface area contributed by atoms with Crippen molar-refractivity contribution >= 4 is 25.5 Å². The summed E-state index contributed by atoms with van der Waals surface area (Å²) in [5.41, 5.74) is 1.47. The molecule has 0 aromatic heterocycles. The molecule has 200 valence electrons. The zero-order valence-corrected chi connectivity index (χ0v) is 23.1. The van der Waals surface area contributed by atoms with Gasteiger partial charge in [-0.3, -0.25) is 4.31 Å². The molecule has 0 spiro atoms. The average molecular weight is 540 g/mol. The molecule has 0 atom stereocenters. The van der Waals surface area contributed by atoms with Crippen LogP contribution in [0.25, 0.3) is 0 Å². The number of hydrogen-bond acceptors (Lipinski definition) is 7. The topological polar surface area (TPSA) is 110 Å². The molecule has 1 aliphatic heterocycles. The molecule has 0 amide bonds. The number of sulfone groups is 1. The molecule has 1 heterocycles. The molecular weight excluding hydrogens is 502 g/mol. The lowest BCUT2D eigenvalue weighted by Crippen LogP contribution is -2.35. The third-order valence-corrected chi connectivity index (χ3v) is 9.15. The monoisotopic (exact) mass is 539 g/mol. The minimum Gasteiger partial charge on any atom is -0.493 e. The highest BCUT2D eigenvalue weighted by Gasteiger charge is 2.29. The first-order valence-electron chi connectivity index (χ1n) is 12.3. The Balaban J connectivity index is 1.97. The Morgan fingerprint density at radius 3 is 2.25 bits per heavy atom. The van der Waals surface area contributed by atoms with E-state index in [0.717, 1.165) is 19.1 Å². The summed E-state index contributed by atoms with van der Waals surface area (Å²) < 4.78 is 64.5. The lowest BCUT2D eigenvalue weighted by Gasteiger charge is -2.29. The smallest absolute Gasteiger partial charge is 0.264 e. The van der Waals surface area contributed by atoms with E-state index >= 15 is 0 Å². The third-order valence-electron chi connectivity index (χ3n) is 6.27. The first-order valence-corrected chi connectivity index (χ1v) is 15.6. The second kappa shape index (κ2) is 11.9. The summed E-state index contributed by atoms with van der Waals surface area (Å²) in [7, 11) is -7.45. The molecule has 1 aliphatic rings. The number of hydrogen-bond donors (Lipinski definition) is 1. The Kier molecular flexibility index (Phi) is 9.43. The SMILES string of the molecule is CCc1cc(S(C)(=O)=O)ccc1N(CC(C)C)S(=O)(=O)c1ccc(OCC2CCOCC2)c(CO)c1. The Morgan fingerprint density at radius 2 is 1.67 bits per heavy atom. The summed E-state index contributed by atoms with van der Waals surface area (Å²) in [6, 6.07) is 9.10. The number of nitrogens with zero attached hydrogens (tertiary/aromatic N) is 1. The normalized spacial score (nSPS) is 15.3. The van der Waals surface area contributed by atoms with Gasteiger partial charge in [-0.25, -0.2) is 16.8 Å². The van der Waals surface area contributed by atoms with Crippen LogP contribution in [-0.2, 0) is 37.6 Å². The lowest BCUT2D eigenvalue weighted by molar-refractivity contribution is 0.0494. The van der Waals surface area contributed by atoms with Crippen LogP contribution < -0.4 is 9.04 Å². The van der Waals surface area contributed by atoms with Crippen LogP contribution in [0.4, 0.5) is 5.69 Å². The van der Waals surface area contributed by atoms with Crippen molar-refractivity contribution in [2.24, 2.45) is 11.8 Å². The van der Waals surface area contributed by atoms with Gasteiger partial charge in [0.05, 0.1) is 28.7 Å². The number of aryl methyl sites for hydroxylation is 1. The second-order valence-electron chi connectivity index (χ2n) is 9.64. The molecule has 1 fully saturated rings. The number of aliphatic hydroxyl groups excluding tert-OH is 1. The first-order chi connectivity index (χ1) is 17.0.